The predicted octanol–water partition coefficient (Wildman–Crippen LogP) is 4.80. The van der Waals surface area contributed by atoms with Gasteiger partial charge in [0.2, 0.25) is 0 Å². The molecular formula is C17H16F3N. The van der Waals surface area contributed by atoms with Crippen LogP contribution < -0.4 is 5.32 Å². The molecule has 3 rings (SSSR count). The van der Waals surface area contributed by atoms with Gasteiger partial charge in [-0.1, -0.05) is 30.3 Å². The van der Waals surface area contributed by atoms with Crippen LogP contribution in [0, 0.1) is 0 Å². The minimum absolute atomic E-state index is 0.316. The van der Waals surface area contributed by atoms with Gasteiger partial charge in [-0.15, -0.1) is 0 Å². The fourth-order valence-electron chi connectivity index (χ4n) is 2.78. The maximum absolute atomic E-state index is 12.8. The maximum atomic E-state index is 12.8. The van der Waals surface area contributed by atoms with Crippen molar-refractivity contribution in [2.24, 2.45) is 0 Å². The Morgan fingerprint density at radius 1 is 0.952 bits per heavy atom. The van der Waals surface area contributed by atoms with Gasteiger partial charge >= 0.3 is 6.18 Å². The predicted molar refractivity (Wildman–Crippen MR) is 76.9 cm³/mol. The van der Waals surface area contributed by atoms with E-state index in [0.29, 0.717) is 11.6 Å². The van der Waals surface area contributed by atoms with E-state index >= 15 is 0 Å². The van der Waals surface area contributed by atoms with Gasteiger partial charge < -0.3 is 5.32 Å². The molecular weight excluding hydrogens is 275 g/mol. The molecule has 1 aliphatic heterocycles. The smallest absolute Gasteiger partial charge is 0.310 e. The van der Waals surface area contributed by atoms with Gasteiger partial charge in [0.25, 0.3) is 0 Å². The SMILES string of the molecule is FC(F)(F)c1cccc(-c2cccc([C@@H]3CCCN3)c2)c1. The molecule has 0 saturated carbocycles. The number of hydrogen-bond acceptors (Lipinski definition) is 1. The monoisotopic (exact) mass is 291 g/mol. The summed E-state index contributed by atoms with van der Waals surface area (Å²) in [6, 6.07) is 13.6. The molecule has 0 unspecified atom stereocenters. The van der Waals surface area contributed by atoms with Gasteiger partial charge in [0, 0.05) is 6.04 Å². The van der Waals surface area contributed by atoms with Crippen LogP contribution in [0.2, 0.25) is 0 Å². The lowest BCUT2D eigenvalue weighted by atomic mass is 9.97. The molecule has 1 N–H and O–H groups in total. The first-order valence-electron chi connectivity index (χ1n) is 7.05. The average molecular weight is 291 g/mol. The molecule has 0 aliphatic carbocycles. The van der Waals surface area contributed by atoms with Crippen LogP contribution in [0.3, 0.4) is 0 Å². The highest BCUT2D eigenvalue weighted by Crippen LogP contribution is 2.33. The summed E-state index contributed by atoms with van der Waals surface area (Å²) in [7, 11) is 0. The summed E-state index contributed by atoms with van der Waals surface area (Å²) >= 11 is 0. The summed E-state index contributed by atoms with van der Waals surface area (Å²) in [5.41, 5.74) is 1.96. The Kier molecular flexibility index (Phi) is 3.72. The third-order valence-corrected chi connectivity index (χ3v) is 3.87. The number of nitrogens with one attached hydrogen (secondary N) is 1. The molecule has 110 valence electrons. The number of rotatable bonds is 2. The Labute approximate surface area is 121 Å². The first kappa shape index (κ1) is 14.1. The summed E-state index contributed by atoms with van der Waals surface area (Å²) in [5, 5.41) is 3.41. The lowest BCUT2D eigenvalue weighted by molar-refractivity contribution is -0.137. The standard InChI is InChI=1S/C17H16F3N/c18-17(19,20)15-7-2-5-13(11-15)12-4-1-6-14(10-12)16-8-3-9-21-16/h1-2,4-7,10-11,16,21H,3,8-9H2/t16-/m0/s1. The Bertz CT molecular complexity index is 628. The van der Waals surface area contributed by atoms with Crippen molar-refractivity contribution in [3.63, 3.8) is 0 Å². The van der Waals surface area contributed by atoms with Crippen molar-refractivity contribution in [3.05, 3.63) is 59.7 Å². The highest BCUT2D eigenvalue weighted by molar-refractivity contribution is 5.65. The lowest BCUT2D eigenvalue weighted by Gasteiger charge is -2.13. The van der Waals surface area contributed by atoms with E-state index in [1.807, 2.05) is 24.3 Å². The molecule has 2 aromatic carbocycles. The van der Waals surface area contributed by atoms with Crippen LogP contribution in [0.4, 0.5) is 13.2 Å². The van der Waals surface area contributed by atoms with Gasteiger partial charge in [-0.2, -0.15) is 13.2 Å². The second-order valence-corrected chi connectivity index (χ2v) is 5.35. The molecule has 0 bridgehead atoms. The van der Waals surface area contributed by atoms with Crippen LogP contribution in [0.25, 0.3) is 11.1 Å². The Morgan fingerprint density at radius 3 is 2.33 bits per heavy atom. The first-order chi connectivity index (χ1) is 10.0. The number of halogens is 3. The van der Waals surface area contributed by atoms with Crippen LogP contribution in [0.5, 0.6) is 0 Å². The molecule has 4 heteroatoms. The first-order valence-corrected chi connectivity index (χ1v) is 7.05. The van der Waals surface area contributed by atoms with Crippen molar-refractivity contribution in [3.8, 4) is 11.1 Å². The summed E-state index contributed by atoms with van der Waals surface area (Å²) in [4.78, 5) is 0. The summed E-state index contributed by atoms with van der Waals surface area (Å²) in [5.74, 6) is 0. The summed E-state index contributed by atoms with van der Waals surface area (Å²) in [6.45, 7) is 0.998. The molecule has 1 fully saturated rings. The van der Waals surface area contributed by atoms with E-state index in [9.17, 15) is 13.2 Å². The fourth-order valence-corrected chi connectivity index (χ4v) is 2.78. The Morgan fingerprint density at radius 2 is 1.67 bits per heavy atom. The molecule has 1 aliphatic rings. The van der Waals surface area contributed by atoms with Crippen LogP contribution in [-0.2, 0) is 6.18 Å². The average Bonchev–Trinajstić information content (AvgIpc) is 3.01. The molecule has 0 spiro atoms. The fraction of sp³-hybridized carbons (Fsp3) is 0.294. The zero-order valence-corrected chi connectivity index (χ0v) is 11.5. The van der Waals surface area contributed by atoms with Gasteiger partial charge in [-0.3, -0.25) is 0 Å². The third-order valence-electron chi connectivity index (χ3n) is 3.87. The number of alkyl halides is 3. The van der Waals surface area contributed by atoms with Crippen LogP contribution >= 0.6 is 0 Å². The van der Waals surface area contributed by atoms with Crippen LogP contribution in [0.1, 0.15) is 30.0 Å². The molecule has 1 heterocycles. The van der Waals surface area contributed by atoms with E-state index in [1.165, 1.54) is 12.1 Å². The van der Waals surface area contributed by atoms with Crippen molar-refractivity contribution in [2.75, 3.05) is 6.54 Å². The van der Waals surface area contributed by atoms with E-state index in [4.69, 9.17) is 0 Å². The van der Waals surface area contributed by atoms with E-state index < -0.39 is 11.7 Å². The van der Waals surface area contributed by atoms with Gasteiger partial charge in [0.1, 0.15) is 0 Å². The second kappa shape index (κ2) is 5.53. The number of hydrogen-bond donors (Lipinski definition) is 1. The molecule has 1 atom stereocenters. The Hall–Kier alpha value is -1.81. The van der Waals surface area contributed by atoms with Crippen molar-refractivity contribution in [1.82, 2.24) is 5.32 Å². The highest BCUT2D eigenvalue weighted by atomic mass is 19.4. The molecule has 21 heavy (non-hydrogen) atoms. The van der Waals surface area contributed by atoms with Crippen LogP contribution in [-0.4, -0.2) is 6.54 Å². The molecule has 0 amide bonds. The van der Waals surface area contributed by atoms with E-state index in [1.54, 1.807) is 6.07 Å². The summed E-state index contributed by atoms with van der Waals surface area (Å²) in [6.07, 6.45) is -2.09. The minimum Gasteiger partial charge on any atom is -0.310 e. The second-order valence-electron chi connectivity index (χ2n) is 5.35. The molecule has 0 aromatic heterocycles. The van der Waals surface area contributed by atoms with Gasteiger partial charge in [0.05, 0.1) is 5.56 Å². The highest BCUT2D eigenvalue weighted by Gasteiger charge is 2.30. The van der Waals surface area contributed by atoms with Gasteiger partial charge in [-0.25, -0.2) is 0 Å². The molecule has 2 aromatic rings. The maximum Gasteiger partial charge on any atom is 0.416 e. The topological polar surface area (TPSA) is 12.0 Å². The van der Waals surface area contributed by atoms with E-state index in [2.05, 4.69) is 5.32 Å². The zero-order valence-electron chi connectivity index (χ0n) is 11.5. The van der Waals surface area contributed by atoms with Crippen molar-refractivity contribution in [1.29, 1.82) is 0 Å². The third kappa shape index (κ3) is 3.10. The van der Waals surface area contributed by atoms with Gasteiger partial charge in [-0.05, 0) is 54.3 Å². The Balaban J connectivity index is 1.95. The molecule has 1 nitrogen and oxygen atoms in total. The van der Waals surface area contributed by atoms with Crippen molar-refractivity contribution < 1.29 is 13.2 Å². The van der Waals surface area contributed by atoms with E-state index in [-0.39, 0.29) is 0 Å². The van der Waals surface area contributed by atoms with Crippen molar-refractivity contribution in [2.45, 2.75) is 25.1 Å². The van der Waals surface area contributed by atoms with Crippen molar-refractivity contribution >= 4 is 0 Å². The normalized spacial score (nSPS) is 18.9. The summed E-state index contributed by atoms with van der Waals surface area (Å²) < 4.78 is 38.4. The van der Waals surface area contributed by atoms with Gasteiger partial charge in [0.15, 0.2) is 0 Å². The zero-order chi connectivity index (χ0) is 14.9. The molecule has 1 saturated heterocycles. The lowest BCUT2D eigenvalue weighted by Crippen LogP contribution is -2.12. The quantitative estimate of drug-likeness (QED) is 0.838. The van der Waals surface area contributed by atoms with Crippen LogP contribution in [0.15, 0.2) is 48.5 Å². The largest absolute Gasteiger partial charge is 0.416 e. The van der Waals surface area contributed by atoms with E-state index in [0.717, 1.165) is 36.6 Å². The molecule has 0 radical (unpaired) electrons. The minimum atomic E-state index is -4.30. The number of benzene rings is 2.